The Kier molecular flexibility index (Phi) is 5.98. The van der Waals surface area contributed by atoms with Gasteiger partial charge in [-0.1, -0.05) is 0 Å². The summed E-state index contributed by atoms with van der Waals surface area (Å²) in [6.45, 7) is 0.0758. The van der Waals surface area contributed by atoms with E-state index in [2.05, 4.69) is 0 Å². The van der Waals surface area contributed by atoms with Gasteiger partial charge in [-0.2, -0.15) is 0 Å². The Morgan fingerprint density at radius 2 is 1.94 bits per heavy atom. The highest BCUT2D eigenvalue weighted by Crippen LogP contribution is 2.05. The molecular formula is C10H19NO5. The van der Waals surface area contributed by atoms with Gasteiger partial charge in [0.1, 0.15) is 6.54 Å². The second kappa shape index (κ2) is 6.44. The number of nitrogens with zero attached hydrogens (tertiary/aromatic N) is 1. The number of aliphatic carboxylic acids is 1. The van der Waals surface area contributed by atoms with E-state index in [1.807, 2.05) is 21.1 Å². The van der Waals surface area contributed by atoms with Crippen molar-refractivity contribution in [1.29, 1.82) is 0 Å². The number of rotatable bonds is 7. The van der Waals surface area contributed by atoms with Crippen LogP contribution in [0.25, 0.3) is 0 Å². The third-order valence-electron chi connectivity index (χ3n) is 1.76. The molecule has 94 valence electrons. The monoisotopic (exact) mass is 233 g/mol. The molecule has 0 saturated heterocycles. The average Bonchev–Trinajstić information content (AvgIpc) is 1.98. The zero-order valence-corrected chi connectivity index (χ0v) is 9.93. The summed E-state index contributed by atoms with van der Waals surface area (Å²) in [6.07, 6.45) is -1.17. The lowest BCUT2D eigenvalue weighted by molar-refractivity contribution is -0.873. The van der Waals surface area contributed by atoms with Gasteiger partial charge in [-0.05, 0) is 0 Å². The number of carbonyl (C=O) groups is 2. The first-order chi connectivity index (χ1) is 7.24. The first-order valence-electron chi connectivity index (χ1n) is 5.05. The molecule has 0 aromatic carbocycles. The molecular weight excluding hydrogens is 214 g/mol. The Labute approximate surface area is 95.0 Å². The number of aliphatic hydroxyl groups is 1. The molecule has 0 aliphatic rings. The molecule has 0 aliphatic carbocycles. The zero-order chi connectivity index (χ0) is 12.8. The summed E-state index contributed by atoms with van der Waals surface area (Å²) in [4.78, 5) is 21.6. The Bertz CT molecular complexity index is 246. The van der Waals surface area contributed by atoms with Crippen molar-refractivity contribution >= 4 is 11.9 Å². The van der Waals surface area contributed by atoms with E-state index in [0.29, 0.717) is 11.0 Å². The topological polar surface area (TPSA) is 86.7 Å². The number of esters is 1. The van der Waals surface area contributed by atoms with Gasteiger partial charge in [0, 0.05) is 12.4 Å². The van der Waals surface area contributed by atoms with Crippen LogP contribution < -0.4 is 5.11 Å². The van der Waals surface area contributed by atoms with E-state index in [9.17, 15) is 14.7 Å². The van der Waals surface area contributed by atoms with Gasteiger partial charge < -0.3 is 24.2 Å². The fraction of sp³-hybridized carbons (Fsp3) is 0.800. The number of quaternary nitrogens is 1. The Balaban J connectivity index is 4.31. The lowest BCUT2D eigenvalue weighted by Crippen LogP contribution is -2.45. The summed E-state index contributed by atoms with van der Waals surface area (Å²) in [7, 11) is 5.59. The minimum absolute atomic E-state index is 0.124. The lowest BCUT2D eigenvalue weighted by atomic mass is 10.2. The van der Waals surface area contributed by atoms with Gasteiger partial charge in [-0.25, -0.2) is 0 Å². The third kappa shape index (κ3) is 8.19. The largest absolute Gasteiger partial charge is 0.550 e. The zero-order valence-electron chi connectivity index (χ0n) is 9.93. The fourth-order valence-electron chi connectivity index (χ4n) is 1.28. The normalized spacial score (nSPS) is 13.2. The molecule has 16 heavy (non-hydrogen) atoms. The van der Waals surface area contributed by atoms with E-state index in [1.165, 1.54) is 0 Å². The number of hydrogen-bond donors (Lipinski definition) is 1. The quantitative estimate of drug-likeness (QED) is 0.411. The Morgan fingerprint density at radius 1 is 1.38 bits per heavy atom. The van der Waals surface area contributed by atoms with Crippen LogP contribution >= 0.6 is 0 Å². The molecule has 0 unspecified atom stereocenters. The molecule has 0 bridgehead atoms. The summed E-state index contributed by atoms with van der Waals surface area (Å²) in [5.74, 6) is -1.85. The van der Waals surface area contributed by atoms with Crippen molar-refractivity contribution in [2.75, 3.05) is 34.3 Å². The van der Waals surface area contributed by atoms with Crippen LogP contribution in [0.2, 0.25) is 0 Å². The third-order valence-corrected chi connectivity index (χ3v) is 1.76. The number of carboxylic acids is 1. The van der Waals surface area contributed by atoms with Gasteiger partial charge in [0.15, 0.2) is 6.10 Å². The van der Waals surface area contributed by atoms with Crippen molar-refractivity contribution in [2.45, 2.75) is 18.9 Å². The van der Waals surface area contributed by atoms with Crippen LogP contribution in [0.5, 0.6) is 0 Å². The van der Waals surface area contributed by atoms with Crippen molar-refractivity contribution in [2.24, 2.45) is 0 Å². The van der Waals surface area contributed by atoms with E-state index >= 15 is 0 Å². The Morgan fingerprint density at radius 3 is 2.31 bits per heavy atom. The molecule has 0 aromatic rings. The Hall–Kier alpha value is -1.14. The number of likely N-dealkylation sites (N-methyl/N-ethyl adjacent to an activating group) is 1. The predicted octanol–water partition coefficient (Wildman–Crippen LogP) is -1.87. The highest BCUT2D eigenvalue weighted by molar-refractivity contribution is 5.71. The smallest absolute Gasteiger partial charge is 0.308 e. The van der Waals surface area contributed by atoms with Crippen molar-refractivity contribution in [3.8, 4) is 0 Å². The minimum atomic E-state index is -1.25. The first-order valence-corrected chi connectivity index (χ1v) is 5.05. The maximum absolute atomic E-state index is 11.1. The fourth-order valence-corrected chi connectivity index (χ4v) is 1.28. The molecule has 0 aliphatic heterocycles. The molecule has 0 fully saturated rings. The van der Waals surface area contributed by atoms with Gasteiger partial charge >= 0.3 is 5.97 Å². The van der Waals surface area contributed by atoms with Crippen LogP contribution in [0.1, 0.15) is 12.8 Å². The van der Waals surface area contributed by atoms with Crippen LogP contribution in [0.15, 0.2) is 0 Å². The van der Waals surface area contributed by atoms with E-state index in [1.54, 1.807) is 0 Å². The van der Waals surface area contributed by atoms with Crippen molar-refractivity contribution in [3.05, 3.63) is 0 Å². The van der Waals surface area contributed by atoms with E-state index in [4.69, 9.17) is 9.84 Å². The number of carboxylic acid groups (broad SMARTS) is 1. The maximum atomic E-state index is 11.1. The van der Waals surface area contributed by atoms with Crippen LogP contribution in [-0.4, -0.2) is 61.9 Å². The summed E-state index contributed by atoms with van der Waals surface area (Å²) in [5, 5.41) is 19.0. The minimum Gasteiger partial charge on any atom is -0.550 e. The van der Waals surface area contributed by atoms with Crippen molar-refractivity contribution in [1.82, 2.24) is 0 Å². The van der Waals surface area contributed by atoms with Gasteiger partial charge in [0.2, 0.25) is 0 Å². The van der Waals surface area contributed by atoms with E-state index in [0.717, 1.165) is 0 Å². The molecule has 0 aromatic heterocycles. The summed E-state index contributed by atoms with van der Waals surface area (Å²) < 4.78 is 5.42. The van der Waals surface area contributed by atoms with Gasteiger partial charge in [-0.15, -0.1) is 0 Å². The standard InChI is InChI=1S/C10H19NO5/c1-11(2,3)7-8(6-9(13)14)16-10(15)4-5-12/h8,12H,4-7H2,1-3H3/t8-/m0/s1. The number of ether oxygens (including phenoxy) is 1. The molecule has 0 heterocycles. The predicted molar refractivity (Wildman–Crippen MR) is 54.1 cm³/mol. The highest BCUT2D eigenvalue weighted by atomic mass is 16.5. The van der Waals surface area contributed by atoms with Crippen LogP contribution in [0, 0.1) is 0 Å². The van der Waals surface area contributed by atoms with Crippen LogP contribution in [0.3, 0.4) is 0 Å². The van der Waals surface area contributed by atoms with Gasteiger partial charge in [-0.3, -0.25) is 4.79 Å². The highest BCUT2D eigenvalue weighted by Gasteiger charge is 2.22. The van der Waals surface area contributed by atoms with E-state index in [-0.39, 0.29) is 19.4 Å². The average molecular weight is 233 g/mol. The molecule has 1 atom stereocenters. The second-order valence-electron chi connectivity index (χ2n) is 4.63. The van der Waals surface area contributed by atoms with Gasteiger partial charge in [0.05, 0.1) is 34.2 Å². The number of aliphatic hydroxyl groups excluding tert-OH is 1. The van der Waals surface area contributed by atoms with E-state index < -0.39 is 18.0 Å². The first kappa shape index (κ1) is 14.9. The summed E-state index contributed by atoms with van der Waals surface area (Å²) in [6, 6.07) is 0. The second-order valence-corrected chi connectivity index (χ2v) is 4.63. The van der Waals surface area contributed by atoms with Crippen LogP contribution in [0.4, 0.5) is 0 Å². The molecule has 0 rings (SSSR count). The summed E-state index contributed by atoms with van der Waals surface area (Å²) in [5.41, 5.74) is 0. The van der Waals surface area contributed by atoms with Crippen molar-refractivity contribution in [3.63, 3.8) is 0 Å². The van der Waals surface area contributed by atoms with Gasteiger partial charge in [0.25, 0.3) is 0 Å². The molecule has 0 saturated carbocycles. The molecule has 0 radical (unpaired) electrons. The maximum Gasteiger partial charge on any atom is 0.308 e. The van der Waals surface area contributed by atoms with Crippen molar-refractivity contribution < 1.29 is 29.0 Å². The lowest BCUT2D eigenvalue weighted by Gasteiger charge is -2.29. The molecule has 6 heteroatoms. The SMILES string of the molecule is C[N+](C)(C)C[C@H](CC(=O)[O-])OC(=O)CCO. The number of carbonyl (C=O) groups excluding carboxylic acids is 2. The molecule has 0 spiro atoms. The molecule has 6 nitrogen and oxygen atoms in total. The molecule has 1 N–H and O–H groups in total. The molecule has 0 amide bonds. The summed E-state index contributed by atoms with van der Waals surface area (Å²) >= 11 is 0. The van der Waals surface area contributed by atoms with Crippen LogP contribution in [-0.2, 0) is 14.3 Å². The number of hydrogen-bond acceptors (Lipinski definition) is 5.